The van der Waals surface area contributed by atoms with Crippen LogP contribution in [0.1, 0.15) is 24.8 Å². The molecule has 2 aliphatic rings. The lowest BCUT2D eigenvalue weighted by atomic mass is 10.0. The van der Waals surface area contributed by atoms with Crippen LogP contribution in [0.5, 0.6) is 0 Å². The molecule has 7 nitrogen and oxygen atoms in total. The van der Waals surface area contributed by atoms with Gasteiger partial charge in [-0.05, 0) is 55.5 Å². The highest BCUT2D eigenvalue weighted by atomic mass is 32.2. The van der Waals surface area contributed by atoms with Crippen molar-refractivity contribution >= 4 is 44.3 Å². The average molecular weight is 469 g/mol. The zero-order valence-corrected chi connectivity index (χ0v) is 19.2. The summed E-state index contributed by atoms with van der Waals surface area (Å²) >= 11 is 1.41. The molecule has 0 bridgehead atoms. The summed E-state index contributed by atoms with van der Waals surface area (Å²) in [6.45, 7) is 1.80. The van der Waals surface area contributed by atoms with Crippen LogP contribution in [0, 0.1) is 0 Å². The first-order valence-corrected chi connectivity index (χ1v) is 13.2. The van der Waals surface area contributed by atoms with Gasteiger partial charge in [-0.15, -0.1) is 0 Å². The molecule has 0 N–H and O–H groups in total. The van der Waals surface area contributed by atoms with Crippen LogP contribution in [-0.4, -0.2) is 54.0 Å². The average Bonchev–Trinajstić information content (AvgIpc) is 3.38. The van der Waals surface area contributed by atoms with Crippen molar-refractivity contribution in [3.63, 3.8) is 0 Å². The molecule has 0 saturated carbocycles. The minimum atomic E-state index is -3.47. The van der Waals surface area contributed by atoms with E-state index >= 15 is 0 Å². The molecule has 2 aliphatic heterocycles. The van der Waals surface area contributed by atoms with Crippen LogP contribution in [0.3, 0.4) is 0 Å². The van der Waals surface area contributed by atoms with Crippen LogP contribution < -0.4 is 4.90 Å². The Labute approximate surface area is 191 Å². The van der Waals surface area contributed by atoms with Crippen molar-refractivity contribution in [3.8, 4) is 0 Å². The zero-order chi connectivity index (χ0) is 22.1. The smallest absolute Gasteiger partial charge is 0.243 e. The largest absolute Gasteiger partial charge is 0.311 e. The van der Waals surface area contributed by atoms with E-state index in [0.29, 0.717) is 24.5 Å². The van der Waals surface area contributed by atoms with E-state index in [1.807, 2.05) is 24.3 Å². The molecule has 3 aromatic rings. The van der Waals surface area contributed by atoms with Crippen LogP contribution in [0.25, 0.3) is 10.9 Å². The van der Waals surface area contributed by atoms with E-state index in [2.05, 4.69) is 9.97 Å². The van der Waals surface area contributed by atoms with Gasteiger partial charge in [0.05, 0.1) is 16.2 Å². The van der Waals surface area contributed by atoms with Gasteiger partial charge in [-0.2, -0.15) is 4.31 Å². The molecule has 0 atom stereocenters. The number of benzene rings is 2. The molecule has 0 unspecified atom stereocenters. The van der Waals surface area contributed by atoms with Crippen LogP contribution in [0.15, 0.2) is 58.7 Å². The lowest BCUT2D eigenvalue weighted by molar-refractivity contribution is -0.116. The SMILES string of the molecule is O=C(CSc1ncnc2ccccc12)N1CCCc2cc(S(=O)(=O)N3CCCC3)ccc21. The molecule has 0 aliphatic carbocycles. The fraction of sp³-hybridized carbons (Fsp3) is 0.348. The molecule has 32 heavy (non-hydrogen) atoms. The number of carbonyl (C=O) groups is 1. The molecule has 9 heteroatoms. The van der Waals surface area contributed by atoms with Crippen molar-refractivity contribution in [2.45, 2.75) is 35.6 Å². The summed E-state index contributed by atoms with van der Waals surface area (Å²) in [5.74, 6) is 0.252. The number of carbonyl (C=O) groups excluding carboxylic acids is 1. The lowest BCUT2D eigenvalue weighted by Gasteiger charge is -2.30. The molecule has 0 spiro atoms. The zero-order valence-electron chi connectivity index (χ0n) is 17.6. The first kappa shape index (κ1) is 21.4. The standard InChI is InChI=1S/C23H24N4O3S2/c28-22(15-31-23-19-7-1-2-8-20(19)24-16-25-23)27-13-5-6-17-14-18(9-10-21(17)27)32(29,30)26-11-3-4-12-26/h1-2,7-10,14,16H,3-6,11-13,15H2. The number of anilines is 1. The third kappa shape index (κ3) is 4.00. The van der Waals surface area contributed by atoms with Crippen molar-refractivity contribution < 1.29 is 13.2 Å². The minimum Gasteiger partial charge on any atom is -0.311 e. The summed E-state index contributed by atoms with van der Waals surface area (Å²) in [7, 11) is -3.47. The number of aromatic nitrogens is 2. The number of fused-ring (bicyclic) bond motifs is 2. The molecule has 2 aromatic carbocycles. The van der Waals surface area contributed by atoms with Gasteiger partial charge < -0.3 is 4.90 Å². The first-order valence-electron chi connectivity index (χ1n) is 10.8. The second kappa shape index (κ2) is 8.80. The number of hydrogen-bond donors (Lipinski definition) is 0. The normalized spacial score (nSPS) is 16.9. The Morgan fingerprint density at radius 2 is 1.81 bits per heavy atom. The van der Waals surface area contributed by atoms with Gasteiger partial charge in [0.1, 0.15) is 11.4 Å². The number of rotatable bonds is 5. The van der Waals surface area contributed by atoms with E-state index in [1.54, 1.807) is 27.4 Å². The fourth-order valence-corrected chi connectivity index (χ4v) is 6.81. The molecule has 0 radical (unpaired) electrons. The predicted octanol–water partition coefficient (Wildman–Crippen LogP) is 3.49. The van der Waals surface area contributed by atoms with E-state index in [4.69, 9.17) is 0 Å². The maximum absolute atomic E-state index is 13.1. The van der Waals surface area contributed by atoms with Crippen LogP contribution in [-0.2, 0) is 21.2 Å². The Morgan fingerprint density at radius 1 is 1.00 bits per heavy atom. The van der Waals surface area contributed by atoms with E-state index < -0.39 is 10.0 Å². The van der Waals surface area contributed by atoms with E-state index in [1.165, 1.54) is 18.1 Å². The Bertz CT molecular complexity index is 1270. The second-order valence-corrected chi connectivity index (χ2v) is 10.9. The third-order valence-electron chi connectivity index (χ3n) is 6.01. The van der Waals surface area contributed by atoms with Gasteiger partial charge in [-0.1, -0.05) is 30.0 Å². The molecule has 1 fully saturated rings. The van der Waals surface area contributed by atoms with Gasteiger partial charge >= 0.3 is 0 Å². The number of thioether (sulfide) groups is 1. The van der Waals surface area contributed by atoms with Crippen LogP contribution in [0.4, 0.5) is 5.69 Å². The third-order valence-corrected chi connectivity index (χ3v) is 8.90. The molecule has 1 saturated heterocycles. The molecule has 1 aromatic heterocycles. The number of hydrogen-bond acceptors (Lipinski definition) is 6. The van der Waals surface area contributed by atoms with Gasteiger partial charge in [-0.3, -0.25) is 4.79 Å². The lowest BCUT2D eigenvalue weighted by Crippen LogP contribution is -2.37. The Morgan fingerprint density at radius 3 is 2.66 bits per heavy atom. The van der Waals surface area contributed by atoms with Crippen molar-refractivity contribution in [1.29, 1.82) is 0 Å². The highest BCUT2D eigenvalue weighted by Crippen LogP contribution is 2.32. The summed E-state index contributed by atoms with van der Waals surface area (Å²) in [5, 5.41) is 1.72. The van der Waals surface area contributed by atoms with Crippen LogP contribution >= 0.6 is 11.8 Å². The summed E-state index contributed by atoms with van der Waals surface area (Å²) < 4.78 is 27.4. The van der Waals surface area contributed by atoms with Gasteiger partial charge in [0, 0.05) is 30.7 Å². The van der Waals surface area contributed by atoms with Crippen molar-refractivity contribution in [2.24, 2.45) is 0 Å². The topological polar surface area (TPSA) is 83.5 Å². The molecular weight excluding hydrogens is 444 g/mol. The summed E-state index contributed by atoms with van der Waals surface area (Å²) in [4.78, 5) is 23.8. The molecule has 166 valence electrons. The highest BCUT2D eigenvalue weighted by Gasteiger charge is 2.29. The Balaban J connectivity index is 1.35. The maximum Gasteiger partial charge on any atom is 0.243 e. The fourth-order valence-electron chi connectivity index (χ4n) is 4.37. The summed E-state index contributed by atoms with van der Waals surface area (Å²) in [5.41, 5.74) is 2.59. The van der Waals surface area contributed by atoms with Crippen molar-refractivity contribution in [3.05, 3.63) is 54.4 Å². The second-order valence-electron chi connectivity index (χ2n) is 8.04. The Hall–Kier alpha value is -2.49. The number of aryl methyl sites for hydroxylation is 1. The quantitative estimate of drug-likeness (QED) is 0.421. The maximum atomic E-state index is 13.1. The van der Waals surface area contributed by atoms with Crippen LogP contribution in [0.2, 0.25) is 0 Å². The van der Waals surface area contributed by atoms with E-state index in [0.717, 1.165) is 52.9 Å². The molecule has 5 rings (SSSR count). The summed E-state index contributed by atoms with van der Waals surface area (Å²) in [6, 6.07) is 12.9. The first-order chi connectivity index (χ1) is 15.5. The highest BCUT2D eigenvalue weighted by molar-refractivity contribution is 8.00. The van der Waals surface area contributed by atoms with Gasteiger partial charge in [0.2, 0.25) is 15.9 Å². The number of para-hydroxylation sites is 1. The molecule has 3 heterocycles. The van der Waals surface area contributed by atoms with Crippen molar-refractivity contribution in [1.82, 2.24) is 14.3 Å². The van der Waals surface area contributed by atoms with Crippen molar-refractivity contribution in [2.75, 3.05) is 30.3 Å². The van der Waals surface area contributed by atoms with Gasteiger partial charge in [-0.25, -0.2) is 18.4 Å². The van der Waals surface area contributed by atoms with E-state index in [9.17, 15) is 13.2 Å². The number of nitrogens with zero attached hydrogens (tertiary/aromatic N) is 4. The van der Waals surface area contributed by atoms with Gasteiger partial charge in [0.15, 0.2) is 0 Å². The van der Waals surface area contributed by atoms with Gasteiger partial charge in [0.25, 0.3) is 0 Å². The Kier molecular flexibility index (Phi) is 5.88. The molecular formula is C23H24N4O3S2. The van der Waals surface area contributed by atoms with E-state index in [-0.39, 0.29) is 11.7 Å². The number of amides is 1. The number of sulfonamides is 1. The monoisotopic (exact) mass is 468 g/mol. The summed E-state index contributed by atoms with van der Waals surface area (Å²) in [6.07, 6.45) is 4.92. The minimum absolute atomic E-state index is 0.00575. The predicted molar refractivity (Wildman–Crippen MR) is 125 cm³/mol. The molecule has 1 amide bonds.